The summed E-state index contributed by atoms with van der Waals surface area (Å²) in [6.07, 6.45) is 5.40. The lowest BCUT2D eigenvalue weighted by molar-refractivity contribution is -0.139. The molecule has 2 aliphatic heterocycles. The maximum absolute atomic E-state index is 15.0. The zero-order valence-corrected chi connectivity index (χ0v) is 29.0. The molecular formula is C40H47N3O6. The van der Waals surface area contributed by atoms with Crippen LogP contribution in [0.25, 0.3) is 22.0 Å². The summed E-state index contributed by atoms with van der Waals surface area (Å²) in [7, 11) is 1.73. The van der Waals surface area contributed by atoms with E-state index in [0.717, 1.165) is 59.6 Å². The minimum atomic E-state index is -0.621. The molecule has 7 rings (SSSR count). The molecule has 9 heteroatoms. The van der Waals surface area contributed by atoms with Crippen molar-refractivity contribution in [3.05, 3.63) is 84.1 Å². The lowest BCUT2D eigenvalue weighted by Crippen LogP contribution is -2.51. The van der Waals surface area contributed by atoms with Crippen molar-refractivity contribution in [3.8, 4) is 22.6 Å². The van der Waals surface area contributed by atoms with Gasteiger partial charge in [0, 0.05) is 63.0 Å². The van der Waals surface area contributed by atoms with E-state index in [0.29, 0.717) is 32.7 Å². The smallest absolute Gasteiger partial charge is 0.410 e. The van der Waals surface area contributed by atoms with Crippen molar-refractivity contribution in [3.63, 3.8) is 0 Å². The van der Waals surface area contributed by atoms with Gasteiger partial charge in [-0.2, -0.15) is 0 Å². The van der Waals surface area contributed by atoms with Gasteiger partial charge in [0.25, 0.3) is 0 Å². The standard InChI is InChI=1S/C40H47N3O6/c1-40(2,3)49-39(45)42-19-17-32(29-10-7-9-27(21-29)28-13-16-36-37(22-28)48-26-47-36)34(25-42)38(44)43(31-14-15-31)24-30-23-41(18-8-20-46-4)35-12-6-5-11-33(30)35/h5-7,9-13,16,21-23,31-32,34H,8,14-15,17-20,24-26H2,1-4H3/t32-,34+/m1/s1. The molecule has 9 nitrogen and oxygen atoms in total. The maximum Gasteiger partial charge on any atom is 0.410 e. The van der Waals surface area contributed by atoms with E-state index in [1.54, 1.807) is 12.0 Å². The number of ether oxygens (including phenoxy) is 4. The van der Waals surface area contributed by atoms with Crippen molar-refractivity contribution >= 4 is 22.9 Å². The molecule has 258 valence electrons. The molecule has 2 fully saturated rings. The second kappa shape index (κ2) is 13.8. The first-order valence-corrected chi connectivity index (χ1v) is 17.5. The van der Waals surface area contributed by atoms with Gasteiger partial charge in [0.15, 0.2) is 11.5 Å². The average Bonchev–Trinajstić information content (AvgIpc) is 3.73. The van der Waals surface area contributed by atoms with Gasteiger partial charge in [-0.1, -0.05) is 48.5 Å². The average molecular weight is 666 g/mol. The molecule has 0 spiro atoms. The first kappa shape index (κ1) is 33.0. The second-order valence-corrected chi connectivity index (χ2v) is 14.5. The van der Waals surface area contributed by atoms with E-state index in [1.165, 1.54) is 10.9 Å². The van der Waals surface area contributed by atoms with Gasteiger partial charge in [-0.15, -0.1) is 0 Å². The van der Waals surface area contributed by atoms with Crippen LogP contribution in [0.4, 0.5) is 4.79 Å². The van der Waals surface area contributed by atoms with E-state index in [4.69, 9.17) is 18.9 Å². The summed E-state index contributed by atoms with van der Waals surface area (Å²) in [5.41, 5.74) is 4.88. The molecule has 3 aromatic carbocycles. The number of aromatic nitrogens is 1. The molecular weight excluding hydrogens is 618 g/mol. The van der Waals surface area contributed by atoms with Gasteiger partial charge in [0.2, 0.25) is 12.7 Å². The normalized spacial score (nSPS) is 18.9. The Labute approximate surface area is 288 Å². The van der Waals surface area contributed by atoms with Gasteiger partial charge in [-0.05, 0) is 92.8 Å². The van der Waals surface area contributed by atoms with Crippen molar-refractivity contribution in [2.75, 3.05) is 33.6 Å². The molecule has 4 aromatic rings. The van der Waals surface area contributed by atoms with Crippen LogP contribution < -0.4 is 9.47 Å². The number of hydrogen-bond donors (Lipinski definition) is 0. The fourth-order valence-electron chi connectivity index (χ4n) is 7.30. The molecule has 3 heterocycles. The summed E-state index contributed by atoms with van der Waals surface area (Å²) in [6, 6.07) is 23.1. The maximum atomic E-state index is 15.0. The second-order valence-electron chi connectivity index (χ2n) is 14.5. The monoisotopic (exact) mass is 665 g/mol. The minimum Gasteiger partial charge on any atom is -0.454 e. The lowest BCUT2D eigenvalue weighted by atomic mass is 9.79. The SMILES string of the molecule is COCCCn1cc(CN(C(=O)[C@H]2CN(C(=O)OC(C)(C)C)CC[C@@H]2c2cccc(-c3ccc4c(c3)OCO4)c2)C2CC2)c2ccccc21. The highest BCUT2D eigenvalue weighted by Crippen LogP contribution is 2.41. The van der Waals surface area contributed by atoms with E-state index >= 15 is 0 Å². The third-order valence-corrected chi connectivity index (χ3v) is 9.83. The number of carbonyl (C=O) groups is 2. The number of aryl methyl sites for hydroxylation is 1. The Morgan fingerprint density at radius 1 is 0.939 bits per heavy atom. The highest BCUT2D eigenvalue weighted by molar-refractivity contribution is 5.86. The molecule has 1 aliphatic carbocycles. The van der Waals surface area contributed by atoms with E-state index in [1.807, 2.05) is 39.0 Å². The van der Waals surface area contributed by atoms with Gasteiger partial charge in [-0.25, -0.2) is 4.79 Å². The zero-order valence-electron chi connectivity index (χ0n) is 29.0. The van der Waals surface area contributed by atoms with Crippen LogP contribution >= 0.6 is 0 Å². The van der Waals surface area contributed by atoms with Crippen LogP contribution in [0.5, 0.6) is 11.5 Å². The molecule has 1 saturated heterocycles. The molecule has 0 unspecified atom stereocenters. The predicted molar refractivity (Wildman–Crippen MR) is 189 cm³/mol. The number of para-hydroxylation sites is 1. The molecule has 1 saturated carbocycles. The van der Waals surface area contributed by atoms with Crippen LogP contribution in [0.3, 0.4) is 0 Å². The van der Waals surface area contributed by atoms with E-state index in [9.17, 15) is 9.59 Å². The van der Waals surface area contributed by atoms with Crippen molar-refractivity contribution in [2.45, 2.75) is 77.1 Å². The molecule has 2 amide bonds. The fourth-order valence-corrected chi connectivity index (χ4v) is 7.30. The van der Waals surface area contributed by atoms with Crippen LogP contribution in [0.1, 0.15) is 63.5 Å². The highest BCUT2D eigenvalue weighted by Gasteiger charge is 2.43. The molecule has 0 radical (unpaired) electrons. The van der Waals surface area contributed by atoms with Crippen molar-refractivity contribution in [1.82, 2.24) is 14.4 Å². The van der Waals surface area contributed by atoms with Crippen LogP contribution in [-0.2, 0) is 27.4 Å². The molecule has 3 aliphatic rings. The van der Waals surface area contributed by atoms with Gasteiger partial charge in [0.1, 0.15) is 5.60 Å². The Balaban J connectivity index is 1.20. The van der Waals surface area contributed by atoms with Crippen molar-refractivity contribution in [1.29, 1.82) is 0 Å². The lowest BCUT2D eigenvalue weighted by Gasteiger charge is -2.40. The summed E-state index contributed by atoms with van der Waals surface area (Å²) in [4.78, 5) is 32.1. The van der Waals surface area contributed by atoms with Crippen LogP contribution in [0.2, 0.25) is 0 Å². The Morgan fingerprint density at radius 3 is 2.53 bits per heavy atom. The number of methoxy groups -OCH3 is 1. The third-order valence-electron chi connectivity index (χ3n) is 9.83. The number of piperidine rings is 1. The largest absolute Gasteiger partial charge is 0.454 e. The number of rotatable bonds is 10. The Kier molecular flexibility index (Phi) is 9.29. The Morgan fingerprint density at radius 2 is 1.73 bits per heavy atom. The summed E-state index contributed by atoms with van der Waals surface area (Å²) < 4.78 is 24.6. The first-order chi connectivity index (χ1) is 23.7. The Hall–Kier alpha value is -4.50. The predicted octanol–water partition coefficient (Wildman–Crippen LogP) is 7.61. The number of likely N-dealkylation sites (tertiary alicyclic amines) is 1. The third kappa shape index (κ3) is 7.27. The van der Waals surface area contributed by atoms with Gasteiger partial charge >= 0.3 is 6.09 Å². The van der Waals surface area contributed by atoms with E-state index < -0.39 is 11.5 Å². The summed E-state index contributed by atoms with van der Waals surface area (Å²) in [5.74, 6) is 1.12. The number of hydrogen-bond acceptors (Lipinski definition) is 6. The first-order valence-electron chi connectivity index (χ1n) is 17.5. The zero-order chi connectivity index (χ0) is 34.1. The molecule has 49 heavy (non-hydrogen) atoms. The topological polar surface area (TPSA) is 82.5 Å². The number of nitrogens with zero attached hydrogens (tertiary/aromatic N) is 3. The summed E-state index contributed by atoms with van der Waals surface area (Å²) in [6.45, 7) is 8.78. The van der Waals surface area contributed by atoms with E-state index in [2.05, 4.69) is 64.2 Å². The number of benzene rings is 3. The van der Waals surface area contributed by atoms with Crippen LogP contribution in [-0.4, -0.2) is 71.6 Å². The van der Waals surface area contributed by atoms with Crippen LogP contribution in [0.15, 0.2) is 72.9 Å². The number of carbonyl (C=O) groups excluding carboxylic acids is 2. The van der Waals surface area contributed by atoms with Crippen LogP contribution in [0, 0.1) is 5.92 Å². The van der Waals surface area contributed by atoms with E-state index in [-0.39, 0.29) is 30.8 Å². The number of amides is 2. The van der Waals surface area contributed by atoms with Crippen molar-refractivity contribution in [2.24, 2.45) is 5.92 Å². The molecule has 1 aromatic heterocycles. The minimum absolute atomic E-state index is 0.0585. The fraction of sp³-hybridized carbons (Fsp3) is 0.450. The van der Waals surface area contributed by atoms with Gasteiger partial charge in [0.05, 0.1) is 5.92 Å². The summed E-state index contributed by atoms with van der Waals surface area (Å²) >= 11 is 0. The molecule has 0 bridgehead atoms. The highest BCUT2D eigenvalue weighted by atomic mass is 16.7. The summed E-state index contributed by atoms with van der Waals surface area (Å²) in [5, 5.41) is 1.17. The van der Waals surface area contributed by atoms with Gasteiger partial charge in [-0.3, -0.25) is 4.79 Å². The molecule has 2 atom stereocenters. The molecule has 0 N–H and O–H groups in total. The quantitative estimate of drug-likeness (QED) is 0.162. The van der Waals surface area contributed by atoms with Crippen molar-refractivity contribution < 1.29 is 28.5 Å². The number of fused-ring (bicyclic) bond motifs is 2. The Bertz CT molecular complexity index is 1820. The van der Waals surface area contributed by atoms with Gasteiger partial charge < -0.3 is 33.3 Å².